The van der Waals surface area contributed by atoms with Crippen molar-refractivity contribution in [2.75, 3.05) is 0 Å². The first-order valence-corrected chi connectivity index (χ1v) is 5.93. The fourth-order valence-electron chi connectivity index (χ4n) is 1.17. The summed E-state index contributed by atoms with van der Waals surface area (Å²) in [5.74, 6) is 0. The Labute approximate surface area is 92.5 Å². The molecule has 0 unspecified atom stereocenters. The lowest BCUT2D eigenvalue weighted by molar-refractivity contribution is 0.593. The van der Waals surface area contributed by atoms with Gasteiger partial charge in [0.05, 0.1) is 5.70 Å². The molecule has 1 N–H and O–H groups in total. The molecule has 0 radical (unpaired) electrons. The summed E-state index contributed by atoms with van der Waals surface area (Å²) in [6.45, 7) is 0. The third kappa shape index (κ3) is 2.37. The van der Waals surface area contributed by atoms with Gasteiger partial charge in [-0.1, -0.05) is 23.7 Å². The summed E-state index contributed by atoms with van der Waals surface area (Å²) in [6, 6.07) is 6.85. The molecule has 0 saturated heterocycles. The summed E-state index contributed by atoms with van der Waals surface area (Å²) in [7, 11) is -3.57. The van der Waals surface area contributed by atoms with E-state index in [0.717, 1.165) is 5.56 Å². The van der Waals surface area contributed by atoms with Gasteiger partial charge in [-0.3, -0.25) is 4.72 Å². The largest absolute Gasteiger partial charge is 0.342 e. The molecule has 0 aromatic heterocycles. The van der Waals surface area contributed by atoms with Crippen LogP contribution in [0.4, 0.5) is 0 Å². The summed E-state index contributed by atoms with van der Waals surface area (Å²) in [5, 5.41) is 0.603. The van der Waals surface area contributed by atoms with Gasteiger partial charge in [0, 0.05) is 11.2 Å². The van der Waals surface area contributed by atoms with Crippen LogP contribution in [-0.2, 0) is 10.2 Å². The van der Waals surface area contributed by atoms with Crippen LogP contribution in [0.15, 0.2) is 34.7 Å². The molecule has 1 aliphatic heterocycles. The summed E-state index contributed by atoms with van der Waals surface area (Å²) >= 11 is 5.72. The molecule has 0 amide bonds. The number of hydrogen-bond acceptors (Lipinski definition) is 2. The zero-order valence-corrected chi connectivity index (χ0v) is 9.09. The van der Waals surface area contributed by atoms with Crippen LogP contribution < -0.4 is 4.72 Å². The summed E-state index contributed by atoms with van der Waals surface area (Å²) < 4.78 is 27.9. The minimum atomic E-state index is -3.57. The first kappa shape index (κ1) is 10.2. The number of rotatable bonds is 1. The van der Waals surface area contributed by atoms with Crippen LogP contribution in [-0.4, -0.2) is 14.6 Å². The van der Waals surface area contributed by atoms with E-state index >= 15 is 0 Å². The van der Waals surface area contributed by atoms with Crippen molar-refractivity contribution in [3.63, 3.8) is 0 Å². The molecular formula is C9H7ClN2O2S. The maximum absolute atomic E-state index is 11.1. The Morgan fingerprint density at radius 1 is 1.20 bits per heavy atom. The molecule has 0 aliphatic carbocycles. The van der Waals surface area contributed by atoms with Gasteiger partial charge in [-0.05, 0) is 23.8 Å². The third-order valence-electron chi connectivity index (χ3n) is 1.83. The molecule has 0 spiro atoms. The van der Waals surface area contributed by atoms with Gasteiger partial charge in [-0.25, -0.2) is 0 Å². The van der Waals surface area contributed by atoms with Gasteiger partial charge < -0.3 is 0 Å². The maximum atomic E-state index is 11.1. The monoisotopic (exact) mass is 242 g/mol. The smallest absolute Gasteiger partial charge is 0.265 e. The number of allylic oxidation sites excluding steroid dienone is 1. The second kappa shape index (κ2) is 3.67. The van der Waals surface area contributed by atoms with Crippen LogP contribution in [0.5, 0.6) is 0 Å². The van der Waals surface area contributed by atoms with E-state index < -0.39 is 10.2 Å². The average molecular weight is 243 g/mol. The van der Waals surface area contributed by atoms with Crippen LogP contribution in [0, 0.1) is 0 Å². The zero-order chi connectivity index (χ0) is 10.9. The standard InChI is InChI=1S/C9H7ClN2O2S/c10-8-3-1-7(2-4-8)9-5-6-11-15(13,14)12-9/h1-6,12H. The van der Waals surface area contributed by atoms with Crippen LogP contribution in [0.25, 0.3) is 5.70 Å². The van der Waals surface area contributed by atoms with Gasteiger partial charge >= 0.3 is 10.2 Å². The van der Waals surface area contributed by atoms with E-state index in [9.17, 15) is 8.42 Å². The Kier molecular flexibility index (Phi) is 2.50. The van der Waals surface area contributed by atoms with Crippen molar-refractivity contribution in [2.24, 2.45) is 4.40 Å². The topological polar surface area (TPSA) is 58.5 Å². The predicted octanol–water partition coefficient (Wildman–Crippen LogP) is 1.60. The van der Waals surface area contributed by atoms with E-state index in [-0.39, 0.29) is 0 Å². The molecule has 1 aliphatic rings. The number of benzene rings is 1. The van der Waals surface area contributed by atoms with E-state index in [1.807, 2.05) is 0 Å². The van der Waals surface area contributed by atoms with Crippen molar-refractivity contribution in [2.45, 2.75) is 0 Å². The van der Waals surface area contributed by atoms with Gasteiger partial charge in [-0.15, -0.1) is 0 Å². The highest BCUT2D eigenvalue weighted by Crippen LogP contribution is 2.17. The Hall–Kier alpha value is -1.33. The van der Waals surface area contributed by atoms with Crippen molar-refractivity contribution in [1.29, 1.82) is 0 Å². The Morgan fingerprint density at radius 3 is 2.47 bits per heavy atom. The minimum Gasteiger partial charge on any atom is -0.265 e. The Bertz CT molecular complexity index is 532. The van der Waals surface area contributed by atoms with Crippen molar-refractivity contribution in [3.8, 4) is 0 Å². The molecule has 0 atom stereocenters. The summed E-state index contributed by atoms with van der Waals surface area (Å²) in [6.07, 6.45) is 2.83. The van der Waals surface area contributed by atoms with Gasteiger partial charge in [0.2, 0.25) is 0 Å². The average Bonchev–Trinajstić information content (AvgIpc) is 2.17. The number of nitrogens with one attached hydrogen (secondary N) is 1. The number of hydrogen-bond donors (Lipinski definition) is 1. The van der Waals surface area contributed by atoms with Gasteiger partial charge in [0.1, 0.15) is 0 Å². The van der Waals surface area contributed by atoms with Crippen molar-refractivity contribution < 1.29 is 8.42 Å². The first-order chi connectivity index (χ1) is 7.07. The molecule has 0 saturated carbocycles. The molecule has 1 heterocycles. The molecule has 4 nitrogen and oxygen atoms in total. The third-order valence-corrected chi connectivity index (χ3v) is 2.96. The summed E-state index contributed by atoms with van der Waals surface area (Å²) in [4.78, 5) is 0. The van der Waals surface area contributed by atoms with Crippen molar-refractivity contribution in [3.05, 3.63) is 40.9 Å². The van der Waals surface area contributed by atoms with Gasteiger partial charge in [-0.2, -0.15) is 12.8 Å². The molecule has 6 heteroatoms. The Balaban J connectivity index is 2.37. The van der Waals surface area contributed by atoms with Gasteiger partial charge in [0.15, 0.2) is 0 Å². The molecule has 15 heavy (non-hydrogen) atoms. The lowest BCUT2D eigenvalue weighted by atomic mass is 10.1. The van der Waals surface area contributed by atoms with E-state index in [4.69, 9.17) is 11.6 Å². The molecule has 1 aromatic carbocycles. The maximum Gasteiger partial charge on any atom is 0.342 e. The van der Waals surface area contributed by atoms with Crippen LogP contribution in [0.2, 0.25) is 5.02 Å². The van der Waals surface area contributed by atoms with E-state index in [0.29, 0.717) is 10.7 Å². The van der Waals surface area contributed by atoms with Crippen LogP contribution >= 0.6 is 11.6 Å². The number of halogens is 1. The quantitative estimate of drug-likeness (QED) is 0.813. The fourth-order valence-corrected chi connectivity index (χ4v) is 2.03. The van der Waals surface area contributed by atoms with E-state index in [1.165, 1.54) is 6.21 Å². The molecule has 1 aromatic rings. The first-order valence-electron chi connectivity index (χ1n) is 4.11. The molecule has 0 fully saturated rings. The SMILES string of the molecule is O=S1(=O)N=CC=C(c2ccc(Cl)cc2)N1. The molecule has 78 valence electrons. The lowest BCUT2D eigenvalue weighted by Crippen LogP contribution is -2.22. The zero-order valence-electron chi connectivity index (χ0n) is 7.51. The summed E-state index contributed by atoms with van der Waals surface area (Å²) in [5.41, 5.74) is 1.23. The molecule has 0 bridgehead atoms. The van der Waals surface area contributed by atoms with Gasteiger partial charge in [0.25, 0.3) is 0 Å². The second-order valence-electron chi connectivity index (χ2n) is 2.92. The van der Waals surface area contributed by atoms with Crippen molar-refractivity contribution >= 4 is 33.7 Å². The minimum absolute atomic E-state index is 0.488. The van der Waals surface area contributed by atoms with Crippen LogP contribution in [0.3, 0.4) is 0 Å². The van der Waals surface area contributed by atoms with Crippen molar-refractivity contribution in [1.82, 2.24) is 4.72 Å². The molecular weight excluding hydrogens is 236 g/mol. The highest BCUT2D eigenvalue weighted by Gasteiger charge is 2.13. The second-order valence-corrected chi connectivity index (χ2v) is 4.72. The lowest BCUT2D eigenvalue weighted by Gasteiger charge is -2.11. The van der Waals surface area contributed by atoms with Crippen LogP contribution in [0.1, 0.15) is 5.56 Å². The predicted molar refractivity (Wildman–Crippen MR) is 60.0 cm³/mol. The number of nitrogens with zero attached hydrogens (tertiary/aromatic N) is 1. The fraction of sp³-hybridized carbons (Fsp3) is 0. The highest BCUT2D eigenvalue weighted by molar-refractivity contribution is 7.88. The van der Waals surface area contributed by atoms with E-state index in [1.54, 1.807) is 30.3 Å². The van der Waals surface area contributed by atoms with E-state index in [2.05, 4.69) is 9.12 Å². The molecule has 2 rings (SSSR count). The highest BCUT2D eigenvalue weighted by atomic mass is 35.5. The normalized spacial score (nSPS) is 18.1. The Morgan fingerprint density at radius 2 is 1.87 bits per heavy atom.